The Hall–Kier alpha value is 0.856. The van der Waals surface area contributed by atoms with Crippen molar-refractivity contribution in [2.45, 2.75) is 154 Å². The predicted octanol–water partition coefficient (Wildman–Crippen LogP) is 1.32. The summed E-state index contributed by atoms with van der Waals surface area (Å²) in [4.78, 5) is 27.3. The molecule has 0 aromatic carbocycles. The van der Waals surface area contributed by atoms with E-state index in [1.807, 2.05) is 13.8 Å². The molecule has 8 fully saturated rings. The van der Waals surface area contributed by atoms with Crippen molar-refractivity contribution in [3.05, 3.63) is 0 Å². The van der Waals surface area contributed by atoms with Crippen LogP contribution >= 0.6 is 0 Å². The van der Waals surface area contributed by atoms with Gasteiger partial charge in [0, 0.05) is 121 Å². The molecule has 5 saturated carbocycles. The maximum atomic E-state index is 11.9. The van der Waals surface area contributed by atoms with Crippen molar-refractivity contribution in [2.75, 3.05) is 127 Å². The van der Waals surface area contributed by atoms with Gasteiger partial charge in [0.05, 0.1) is 11.2 Å². The number of fused-ring (bicyclic) bond motifs is 2. The minimum atomic E-state index is -4.08. The molecule has 62 heavy (non-hydrogen) atoms. The molecule has 4 N–H and O–H groups in total. The van der Waals surface area contributed by atoms with E-state index in [1.54, 1.807) is 0 Å². The normalized spacial score (nSPS) is 35.2. The zero-order chi connectivity index (χ0) is 43.5. The summed E-state index contributed by atoms with van der Waals surface area (Å²) in [5.74, 6) is -0.101. The first-order valence-electron chi connectivity index (χ1n) is 24.4. The molecular formula is C47H96KN9O4S. The molecule has 15 heteroatoms. The number of Topliss-reactive ketones (excluding diaryl/α,β-unsaturated/α-hetero) is 1. The molecule has 0 amide bonds. The number of ketones is 1. The molecule has 360 valence electrons. The van der Waals surface area contributed by atoms with Crippen LogP contribution in [0.2, 0.25) is 0 Å². The first-order chi connectivity index (χ1) is 28.6. The van der Waals surface area contributed by atoms with Crippen LogP contribution in [0.25, 0.3) is 0 Å². The predicted molar refractivity (Wildman–Crippen MR) is 255 cm³/mol. The zero-order valence-electron chi connectivity index (χ0n) is 41.6. The van der Waals surface area contributed by atoms with Crippen LogP contribution in [0.5, 0.6) is 0 Å². The Kier molecular flexibility index (Phi) is 25.0. The summed E-state index contributed by atoms with van der Waals surface area (Å²) in [7, 11) is 8.94. The molecule has 3 heterocycles. The molecule has 8 rings (SSSR count). The summed E-state index contributed by atoms with van der Waals surface area (Å²) in [6.45, 7) is 19.0. The summed E-state index contributed by atoms with van der Waals surface area (Å²) in [5.41, 5.74) is -1.12. The number of carbonyl (C=O) groups excluding carboxylic acids is 1. The smallest absolute Gasteiger partial charge is 1.00 e. The Morgan fingerprint density at radius 3 is 1.16 bits per heavy atom. The van der Waals surface area contributed by atoms with Crippen molar-refractivity contribution in [2.24, 2.45) is 16.7 Å². The van der Waals surface area contributed by atoms with E-state index >= 15 is 0 Å². The van der Waals surface area contributed by atoms with Crippen LogP contribution in [0.1, 0.15) is 119 Å². The molecule has 0 unspecified atom stereocenters. The fourth-order valence-corrected chi connectivity index (χ4v) is 13.6. The molecule has 0 spiro atoms. The Bertz CT molecular complexity index is 1300. The fraction of sp³-hybridized carbons (Fsp3) is 0.979. The van der Waals surface area contributed by atoms with E-state index in [4.69, 9.17) is 4.55 Å². The average Bonchev–Trinajstić information content (AvgIpc) is 3.59. The van der Waals surface area contributed by atoms with E-state index in [0.717, 1.165) is 42.7 Å². The number of hydrogen-bond acceptors (Lipinski definition) is 12. The Morgan fingerprint density at radius 2 is 0.919 bits per heavy atom. The van der Waals surface area contributed by atoms with E-state index in [2.05, 4.69) is 87.6 Å². The molecular weight excluding hydrogens is 826 g/mol. The second-order valence-corrected chi connectivity index (χ2v) is 22.3. The van der Waals surface area contributed by atoms with Gasteiger partial charge in [0.15, 0.2) is 0 Å². The molecule has 8 atom stereocenters. The number of likely N-dealkylation sites (N-methyl/N-ethyl adjacent to an activating group) is 3. The number of rotatable bonds is 8. The van der Waals surface area contributed by atoms with Gasteiger partial charge in [-0.3, -0.25) is 24.0 Å². The van der Waals surface area contributed by atoms with Gasteiger partial charge in [-0.1, -0.05) is 40.5 Å². The number of piperazine rings is 3. The van der Waals surface area contributed by atoms with E-state index in [1.165, 1.54) is 156 Å². The Balaban J connectivity index is 0.000000284. The summed E-state index contributed by atoms with van der Waals surface area (Å²) >= 11 is 0. The van der Waals surface area contributed by atoms with Crippen LogP contribution < -0.4 is 67.3 Å². The summed E-state index contributed by atoms with van der Waals surface area (Å²) < 4.78 is 31.0. The van der Waals surface area contributed by atoms with Crippen molar-refractivity contribution >= 4 is 15.9 Å². The molecule has 5 aliphatic carbocycles. The van der Waals surface area contributed by atoms with Gasteiger partial charge in [0.2, 0.25) is 0 Å². The third-order valence-electron chi connectivity index (χ3n) is 16.9. The van der Waals surface area contributed by atoms with Crippen molar-refractivity contribution in [3.8, 4) is 0 Å². The van der Waals surface area contributed by atoms with Crippen molar-refractivity contribution in [1.29, 1.82) is 0 Å². The van der Waals surface area contributed by atoms with Gasteiger partial charge < -0.3 is 32.1 Å². The fourth-order valence-electron chi connectivity index (χ4n) is 12.3. The second-order valence-electron chi connectivity index (χ2n) is 20.8. The van der Waals surface area contributed by atoms with Crippen LogP contribution in [0.4, 0.5) is 0 Å². The number of nitrogens with zero attached hydrogens (tertiary/aromatic N) is 6. The largest absolute Gasteiger partial charge is 1.00 e. The van der Waals surface area contributed by atoms with Gasteiger partial charge in [-0.2, -0.15) is 8.42 Å². The standard InChI is InChI=1S/3C12H25N3.C10H16O4S.CH4.K.H/c3*1-13-11-4-3-5-12(10-11)15-8-6-14(2)7-9-15;1-9(2)7-3-4-10(9,8(11)5-7)6-15(12,13)14;;;/h3*11-13H,3-10H2,1-2H3;7H,3-6H2,1-2H3,(H,12,13,14);1H4;;/q;;;;;+1;-1/t3*11-,12+;7-,10-;;;/m1001.../s1. The summed E-state index contributed by atoms with van der Waals surface area (Å²) in [5, 5.41) is 10.3. The number of hydrogen-bond donors (Lipinski definition) is 4. The van der Waals surface area contributed by atoms with E-state index in [-0.39, 0.29) is 77.4 Å². The molecule has 0 aromatic rings. The monoisotopic (exact) mass is 922 g/mol. The second kappa shape index (κ2) is 27.2. The van der Waals surface area contributed by atoms with E-state index in [9.17, 15) is 13.2 Å². The van der Waals surface area contributed by atoms with E-state index < -0.39 is 21.3 Å². The molecule has 8 aliphatic rings. The van der Waals surface area contributed by atoms with Crippen LogP contribution in [0, 0.1) is 16.7 Å². The zero-order valence-corrected chi connectivity index (χ0v) is 44.5. The third kappa shape index (κ3) is 16.2. The van der Waals surface area contributed by atoms with Crippen molar-refractivity contribution in [1.82, 2.24) is 45.3 Å². The first-order valence-corrected chi connectivity index (χ1v) is 26.0. The van der Waals surface area contributed by atoms with Crippen LogP contribution in [0.3, 0.4) is 0 Å². The van der Waals surface area contributed by atoms with Gasteiger partial charge in [-0.05, 0) is 124 Å². The number of nitrogens with one attached hydrogen (secondary N) is 3. The molecule has 2 bridgehead atoms. The topological polar surface area (TPSA) is 127 Å². The Labute approximate surface area is 425 Å². The quantitative estimate of drug-likeness (QED) is 0.207. The van der Waals surface area contributed by atoms with Crippen molar-refractivity contribution in [3.63, 3.8) is 0 Å². The van der Waals surface area contributed by atoms with Crippen molar-refractivity contribution < 1.29 is 70.6 Å². The van der Waals surface area contributed by atoms with Crippen LogP contribution in [-0.2, 0) is 14.9 Å². The number of carbonyl (C=O) groups is 1. The van der Waals surface area contributed by atoms with Gasteiger partial charge in [0.25, 0.3) is 10.1 Å². The Morgan fingerprint density at radius 1 is 0.597 bits per heavy atom. The van der Waals surface area contributed by atoms with Gasteiger partial charge >= 0.3 is 51.4 Å². The van der Waals surface area contributed by atoms with Crippen LogP contribution in [0.15, 0.2) is 0 Å². The van der Waals surface area contributed by atoms with E-state index in [0.29, 0.717) is 12.8 Å². The maximum Gasteiger partial charge on any atom is 1.00 e. The molecule has 0 aromatic heterocycles. The minimum Gasteiger partial charge on any atom is -1.00 e. The molecule has 3 saturated heterocycles. The summed E-state index contributed by atoms with van der Waals surface area (Å²) in [6, 6.07) is 4.86. The first kappa shape index (κ1) is 57.2. The SMILES string of the molecule is C.CC1(C)[C@@H]2CC[C@@]1(CS(=O)(=O)O)C(=O)C2.CN[C@@H]1CCC[C@H](N2CCN(C)CC2)C1.CN[C@H]1CCC[C@@H](N2CCN(C)CC2)C1.CN[C@H]1CCC[C@@H](N2CCN(C)CC2)C1.[H-].[K+]. The van der Waals surface area contributed by atoms with Crippen LogP contribution in [-0.4, -0.2) is 211 Å². The minimum absolute atomic E-state index is 0. The molecule has 0 radical (unpaired) electrons. The van der Waals surface area contributed by atoms with Gasteiger partial charge in [0.1, 0.15) is 5.78 Å². The summed E-state index contributed by atoms with van der Waals surface area (Å²) in [6.07, 6.45) is 18.7. The molecule has 13 nitrogen and oxygen atoms in total. The van der Waals surface area contributed by atoms with Gasteiger partial charge in [-0.15, -0.1) is 0 Å². The van der Waals surface area contributed by atoms with Gasteiger partial charge in [-0.25, -0.2) is 0 Å². The average molecular weight is 923 g/mol. The maximum absolute atomic E-state index is 11.9. The molecule has 3 aliphatic heterocycles. The third-order valence-corrected chi connectivity index (χ3v) is 17.8.